The number of hydrogen-bond acceptors (Lipinski definition) is 5. The summed E-state index contributed by atoms with van der Waals surface area (Å²) in [5.41, 5.74) is 8.41. The van der Waals surface area contributed by atoms with Gasteiger partial charge in [0.1, 0.15) is 28.7 Å². The Kier molecular flexibility index (Phi) is 9.25. The van der Waals surface area contributed by atoms with Gasteiger partial charge < -0.3 is 25.5 Å². The van der Waals surface area contributed by atoms with Crippen molar-refractivity contribution in [1.82, 2.24) is 0 Å². The molecule has 5 rings (SSSR count). The maximum Gasteiger partial charge on any atom is 0.126 e. The quantitative estimate of drug-likeness (QED) is 0.138. The minimum Gasteiger partial charge on any atom is -0.508 e. The molecule has 0 atom stereocenters. The van der Waals surface area contributed by atoms with Crippen LogP contribution in [0, 0.1) is 27.7 Å². The molecular weight excluding hydrogens is 560 g/mol. The van der Waals surface area contributed by atoms with Gasteiger partial charge in [-0.2, -0.15) is 0 Å². The first-order chi connectivity index (χ1) is 21.0. The van der Waals surface area contributed by atoms with Crippen molar-refractivity contribution in [2.75, 3.05) is 0 Å². The zero-order valence-corrected chi connectivity index (χ0v) is 27.4. The molecule has 0 aromatic heterocycles. The van der Waals surface area contributed by atoms with Crippen LogP contribution in [0.2, 0.25) is 0 Å². The van der Waals surface area contributed by atoms with E-state index in [2.05, 4.69) is 27.7 Å². The highest BCUT2D eigenvalue weighted by atomic mass is 16.3. The molecule has 45 heavy (non-hydrogen) atoms. The van der Waals surface area contributed by atoms with Crippen LogP contribution in [0.5, 0.6) is 28.7 Å². The zero-order valence-electron chi connectivity index (χ0n) is 27.4. The second kappa shape index (κ2) is 12.6. The van der Waals surface area contributed by atoms with Crippen molar-refractivity contribution >= 4 is 0 Å². The Morgan fingerprint density at radius 3 is 1.20 bits per heavy atom. The second-order valence-electron chi connectivity index (χ2n) is 13.0. The first kappa shape index (κ1) is 33.0. The molecule has 0 aliphatic heterocycles. The summed E-state index contributed by atoms with van der Waals surface area (Å²) >= 11 is 0. The molecule has 5 N–H and O–H groups in total. The molecule has 234 valence electrons. The van der Waals surface area contributed by atoms with Gasteiger partial charge in [-0.05, 0) is 103 Å². The molecule has 0 radical (unpaired) electrons. The summed E-state index contributed by atoms with van der Waals surface area (Å²) in [4.78, 5) is 0. The molecule has 0 spiro atoms. The van der Waals surface area contributed by atoms with Crippen molar-refractivity contribution in [1.29, 1.82) is 0 Å². The summed E-state index contributed by atoms with van der Waals surface area (Å²) in [7, 11) is 0. The normalized spacial score (nSPS) is 11.6. The Morgan fingerprint density at radius 2 is 0.756 bits per heavy atom. The van der Waals surface area contributed by atoms with Crippen LogP contribution in [-0.2, 0) is 10.8 Å². The SMILES string of the molecule is Cc1cc(C(C)(C)c2ccc(O)cc2)cc(C)c1O.Cc1cccc(-c2cc(C(C)(C)c3ccc(O)cc3)cc(C)c2O)c1O. The molecule has 0 unspecified atom stereocenters. The van der Waals surface area contributed by atoms with Gasteiger partial charge in [0.2, 0.25) is 0 Å². The lowest BCUT2D eigenvalue weighted by atomic mass is 9.76. The van der Waals surface area contributed by atoms with E-state index in [0.29, 0.717) is 16.9 Å². The first-order valence-electron chi connectivity index (χ1n) is 15.1. The third kappa shape index (κ3) is 6.78. The zero-order chi connectivity index (χ0) is 33.3. The Labute approximate surface area is 266 Å². The minimum absolute atomic E-state index is 0.170. The van der Waals surface area contributed by atoms with Gasteiger partial charge in [-0.3, -0.25) is 0 Å². The van der Waals surface area contributed by atoms with Gasteiger partial charge in [0.15, 0.2) is 0 Å². The number of phenols is 5. The van der Waals surface area contributed by atoms with E-state index in [9.17, 15) is 25.5 Å². The number of aryl methyl sites for hydroxylation is 4. The standard InChI is InChI=1S/C23H24O3.C17H20O2/c1-14-6-5-7-19(21(14)25)20-13-17(12-15(2)22(20)26)23(3,4)16-8-10-18(24)11-9-16;1-11-9-14(10-12(2)16(11)19)17(3,4)13-5-7-15(18)8-6-13/h5-13,24-26H,1-4H3;5-10,18-19H,1-4H3. The van der Waals surface area contributed by atoms with E-state index < -0.39 is 0 Å². The van der Waals surface area contributed by atoms with Crippen molar-refractivity contribution in [3.63, 3.8) is 0 Å². The molecule has 5 aromatic carbocycles. The van der Waals surface area contributed by atoms with Gasteiger partial charge >= 0.3 is 0 Å². The molecular formula is C40H44O5. The lowest BCUT2D eigenvalue weighted by molar-refractivity contribution is 0.464. The van der Waals surface area contributed by atoms with Gasteiger partial charge in [-0.25, -0.2) is 0 Å². The Morgan fingerprint density at radius 1 is 0.378 bits per heavy atom. The van der Waals surface area contributed by atoms with Gasteiger partial charge in [0.25, 0.3) is 0 Å². The fraction of sp³-hybridized carbons (Fsp3) is 0.250. The van der Waals surface area contributed by atoms with Gasteiger partial charge in [0.05, 0.1) is 0 Å². The molecule has 5 nitrogen and oxygen atoms in total. The topological polar surface area (TPSA) is 101 Å². The maximum atomic E-state index is 10.6. The summed E-state index contributed by atoms with van der Waals surface area (Å²) in [6.45, 7) is 16.0. The van der Waals surface area contributed by atoms with Crippen LogP contribution in [0.1, 0.15) is 72.2 Å². The molecule has 0 amide bonds. The summed E-state index contributed by atoms with van der Waals surface area (Å²) in [5, 5.41) is 49.9. The number of hydrogen-bond donors (Lipinski definition) is 5. The predicted octanol–water partition coefficient (Wildman–Crippen LogP) is 9.45. The van der Waals surface area contributed by atoms with Crippen LogP contribution in [0.25, 0.3) is 11.1 Å². The van der Waals surface area contributed by atoms with Crippen LogP contribution < -0.4 is 0 Å². The number of phenolic OH excluding ortho intramolecular Hbond substituents is 5. The average Bonchev–Trinajstić information content (AvgIpc) is 2.99. The Balaban J connectivity index is 0.000000215. The monoisotopic (exact) mass is 604 g/mol. The number of benzene rings is 5. The van der Waals surface area contributed by atoms with Crippen LogP contribution in [0.3, 0.4) is 0 Å². The maximum absolute atomic E-state index is 10.6. The van der Waals surface area contributed by atoms with Crippen molar-refractivity contribution in [2.24, 2.45) is 0 Å². The number of para-hydroxylation sites is 1. The average molecular weight is 605 g/mol. The van der Waals surface area contributed by atoms with E-state index in [1.165, 1.54) is 0 Å². The summed E-state index contributed by atoms with van der Waals surface area (Å²) in [5.74, 6) is 1.23. The van der Waals surface area contributed by atoms with Crippen molar-refractivity contribution in [3.8, 4) is 39.9 Å². The number of rotatable bonds is 5. The molecule has 0 heterocycles. The van der Waals surface area contributed by atoms with Crippen LogP contribution in [-0.4, -0.2) is 25.5 Å². The third-order valence-electron chi connectivity index (χ3n) is 8.94. The fourth-order valence-corrected chi connectivity index (χ4v) is 5.63. The van der Waals surface area contributed by atoms with E-state index in [4.69, 9.17) is 0 Å². The van der Waals surface area contributed by atoms with Crippen molar-refractivity contribution in [3.05, 3.63) is 136 Å². The molecule has 0 aliphatic carbocycles. The second-order valence-corrected chi connectivity index (χ2v) is 13.0. The molecule has 0 bridgehead atoms. The number of aromatic hydroxyl groups is 5. The molecule has 0 fully saturated rings. The summed E-state index contributed by atoms with van der Waals surface area (Å²) in [6.07, 6.45) is 0. The van der Waals surface area contributed by atoms with E-state index >= 15 is 0 Å². The molecule has 0 saturated heterocycles. The van der Waals surface area contributed by atoms with E-state index in [1.807, 2.05) is 94.4 Å². The Bertz CT molecular complexity index is 1790. The first-order valence-corrected chi connectivity index (χ1v) is 15.1. The lowest BCUT2D eigenvalue weighted by Crippen LogP contribution is -2.19. The minimum atomic E-state index is -0.333. The third-order valence-corrected chi connectivity index (χ3v) is 8.94. The van der Waals surface area contributed by atoms with Gasteiger partial charge in [-0.15, -0.1) is 0 Å². The smallest absolute Gasteiger partial charge is 0.126 e. The molecule has 5 heteroatoms. The summed E-state index contributed by atoms with van der Waals surface area (Å²) in [6, 6.07) is 27.9. The molecule has 0 saturated carbocycles. The van der Waals surface area contributed by atoms with E-state index in [0.717, 1.165) is 44.5 Å². The molecule has 0 aliphatic rings. The van der Waals surface area contributed by atoms with Gasteiger partial charge in [-0.1, -0.05) is 88.4 Å². The highest BCUT2D eigenvalue weighted by molar-refractivity contribution is 5.78. The van der Waals surface area contributed by atoms with Crippen molar-refractivity contribution in [2.45, 2.75) is 66.2 Å². The van der Waals surface area contributed by atoms with Crippen LogP contribution >= 0.6 is 0 Å². The molecule has 5 aromatic rings. The van der Waals surface area contributed by atoms with E-state index in [-0.39, 0.29) is 33.8 Å². The predicted molar refractivity (Wildman–Crippen MR) is 183 cm³/mol. The fourth-order valence-electron chi connectivity index (χ4n) is 5.63. The van der Waals surface area contributed by atoms with Crippen LogP contribution in [0.4, 0.5) is 0 Å². The van der Waals surface area contributed by atoms with E-state index in [1.54, 1.807) is 24.3 Å². The van der Waals surface area contributed by atoms with Crippen molar-refractivity contribution < 1.29 is 25.5 Å². The van der Waals surface area contributed by atoms with Crippen LogP contribution in [0.15, 0.2) is 91.0 Å². The lowest BCUT2D eigenvalue weighted by Gasteiger charge is -2.28. The highest BCUT2D eigenvalue weighted by Gasteiger charge is 2.26. The highest BCUT2D eigenvalue weighted by Crippen LogP contribution is 2.43. The van der Waals surface area contributed by atoms with Gasteiger partial charge in [0, 0.05) is 22.0 Å². The summed E-state index contributed by atoms with van der Waals surface area (Å²) < 4.78 is 0. The Hall–Kier alpha value is -4.90. The largest absolute Gasteiger partial charge is 0.508 e.